The molecule has 0 aliphatic rings. The van der Waals surface area contributed by atoms with E-state index >= 15 is 0 Å². The molecule has 0 radical (unpaired) electrons. The highest BCUT2D eigenvalue weighted by Crippen LogP contribution is 2.20. The van der Waals surface area contributed by atoms with Gasteiger partial charge in [-0.05, 0) is 42.8 Å². The summed E-state index contributed by atoms with van der Waals surface area (Å²) in [6, 6.07) is 9.38. The van der Waals surface area contributed by atoms with E-state index in [-0.39, 0.29) is 41.9 Å². The fraction of sp³-hybridized carbons (Fsp3) is 0.263. The molecule has 0 heterocycles. The maximum atomic E-state index is 13.2. The summed E-state index contributed by atoms with van der Waals surface area (Å²) in [5.41, 5.74) is 0.763. The first-order chi connectivity index (χ1) is 12.8. The summed E-state index contributed by atoms with van der Waals surface area (Å²) in [5, 5.41) is 0. The van der Waals surface area contributed by atoms with Gasteiger partial charge in [0.1, 0.15) is 17.3 Å². The summed E-state index contributed by atoms with van der Waals surface area (Å²) in [6.45, 7) is -1.74. The Kier molecular flexibility index (Phi) is 6.81. The molecule has 0 saturated carbocycles. The quantitative estimate of drug-likeness (QED) is 0.655. The van der Waals surface area contributed by atoms with E-state index in [2.05, 4.69) is 4.74 Å². The smallest absolute Gasteiger partial charge is 0.387 e. The third-order valence-corrected chi connectivity index (χ3v) is 3.67. The van der Waals surface area contributed by atoms with Crippen LogP contribution in [0.4, 0.5) is 13.2 Å². The van der Waals surface area contributed by atoms with Crippen molar-refractivity contribution in [3.8, 4) is 11.5 Å². The van der Waals surface area contributed by atoms with Crippen LogP contribution in [0.15, 0.2) is 42.5 Å². The van der Waals surface area contributed by atoms with E-state index in [1.54, 1.807) is 19.2 Å². The van der Waals surface area contributed by atoms with E-state index in [4.69, 9.17) is 4.74 Å². The molecule has 0 aliphatic carbocycles. The lowest BCUT2D eigenvalue weighted by atomic mass is 10.1. The molecule has 8 heteroatoms. The van der Waals surface area contributed by atoms with E-state index in [1.165, 1.54) is 30.0 Å². The van der Waals surface area contributed by atoms with E-state index in [0.717, 1.165) is 12.1 Å². The first-order valence-corrected chi connectivity index (χ1v) is 7.97. The van der Waals surface area contributed by atoms with Gasteiger partial charge in [-0.15, -0.1) is 0 Å². The second-order valence-electron chi connectivity index (χ2n) is 5.76. The van der Waals surface area contributed by atoms with Crippen LogP contribution in [-0.4, -0.2) is 36.9 Å². The number of rotatable bonds is 8. The maximum absolute atomic E-state index is 13.2. The summed E-state index contributed by atoms with van der Waals surface area (Å²) < 4.78 is 47.1. The fourth-order valence-corrected chi connectivity index (χ4v) is 2.29. The largest absolute Gasteiger partial charge is 0.483 e. The summed E-state index contributed by atoms with van der Waals surface area (Å²) in [5.74, 6) is -1.17. The van der Waals surface area contributed by atoms with Gasteiger partial charge in [0, 0.05) is 13.6 Å². The molecule has 0 unspecified atom stereocenters. The Morgan fingerprint density at radius 1 is 1.11 bits per heavy atom. The topological polar surface area (TPSA) is 55.8 Å². The molecule has 2 rings (SSSR count). The van der Waals surface area contributed by atoms with Crippen LogP contribution < -0.4 is 9.47 Å². The van der Waals surface area contributed by atoms with Gasteiger partial charge in [0.2, 0.25) is 0 Å². The van der Waals surface area contributed by atoms with Crippen molar-refractivity contribution in [3.63, 3.8) is 0 Å². The van der Waals surface area contributed by atoms with Crippen molar-refractivity contribution >= 4 is 11.7 Å². The molecule has 0 N–H and O–H groups in total. The summed E-state index contributed by atoms with van der Waals surface area (Å²) in [4.78, 5) is 25.1. The maximum Gasteiger partial charge on any atom is 0.387 e. The van der Waals surface area contributed by atoms with Gasteiger partial charge < -0.3 is 14.4 Å². The number of likely N-dealkylation sites (N-methyl/N-ethyl adjacent to an activating group) is 1. The van der Waals surface area contributed by atoms with Crippen LogP contribution in [0.3, 0.4) is 0 Å². The summed E-state index contributed by atoms with van der Waals surface area (Å²) in [7, 11) is 1.55. The number of carbonyl (C=O) groups is 2. The molecule has 2 aromatic carbocycles. The molecule has 1 amide bonds. The second kappa shape index (κ2) is 9.07. The van der Waals surface area contributed by atoms with Gasteiger partial charge in [0.15, 0.2) is 12.4 Å². The van der Waals surface area contributed by atoms with Crippen LogP contribution in [-0.2, 0) is 11.3 Å². The number of halogens is 3. The van der Waals surface area contributed by atoms with Gasteiger partial charge in [0.05, 0.1) is 5.56 Å². The third kappa shape index (κ3) is 6.02. The van der Waals surface area contributed by atoms with E-state index in [9.17, 15) is 22.8 Å². The van der Waals surface area contributed by atoms with Gasteiger partial charge in [-0.3, -0.25) is 9.59 Å². The minimum Gasteiger partial charge on any atom is -0.483 e. The van der Waals surface area contributed by atoms with Gasteiger partial charge in [-0.1, -0.05) is 12.1 Å². The highest BCUT2D eigenvalue weighted by molar-refractivity contribution is 5.96. The minimum atomic E-state index is -2.90. The van der Waals surface area contributed by atoms with Gasteiger partial charge in [-0.25, -0.2) is 4.39 Å². The van der Waals surface area contributed by atoms with Crippen LogP contribution in [0, 0.1) is 5.82 Å². The Hall–Kier alpha value is -3.03. The Labute approximate surface area is 154 Å². The minimum absolute atomic E-state index is 0.0270. The molecule has 0 aliphatic heterocycles. The number of nitrogens with zero attached hydrogens (tertiary/aromatic N) is 1. The van der Waals surface area contributed by atoms with Crippen molar-refractivity contribution in [2.75, 3.05) is 13.7 Å². The molecular formula is C19H18F3NO4. The lowest BCUT2D eigenvalue weighted by Gasteiger charge is -2.18. The normalized spacial score (nSPS) is 10.6. The number of hydrogen-bond acceptors (Lipinski definition) is 4. The lowest BCUT2D eigenvalue weighted by molar-refractivity contribution is -0.132. The summed E-state index contributed by atoms with van der Waals surface area (Å²) >= 11 is 0. The molecule has 0 fully saturated rings. The molecular weight excluding hydrogens is 363 g/mol. The number of carbonyl (C=O) groups excluding carboxylic acids is 2. The van der Waals surface area contributed by atoms with Crippen molar-refractivity contribution < 1.29 is 32.2 Å². The van der Waals surface area contributed by atoms with Gasteiger partial charge >= 0.3 is 6.61 Å². The summed E-state index contributed by atoms with van der Waals surface area (Å²) in [6.07, 6.45) is 0. The van der Waals surface area contributed by atoms with E-state index in [0.29, 0.717) is 5.56 Å². The Bertz CT molecular complexity index is 809. The fourth-order valence-electron chi connectivity index (χ4n) is 2.29. The molecule has 0 spiro atoms. The molecule has 0 aromatic heterocycles. The monoisotopic (exact) mass is 381 g/mol. The Morgan fingerprint density at radius 2 is 1.78 bits per heavy atom. The van der Waals surface area contributed by atoms with Crippen LogP contribution >= 0.6 is 0 Å². The molecule has 0 atom stereocenters. The standard InChI is InChI=1S/C19H18F3NO4/c1-12(24)16-9-14(20)5-8-17(16)26-11-18(25)23(2)10-13-3-6-15(7-4-13)27-19(21)22/h3-9,19H,10-11H2,1-2H3. The predicted molar refractivity (Wildman–Crippen MR) is 91.4 cm³/mol. The van der Waals surface area contributed by atoms with Crippen LogP contribution in [0.1, 0.15) is 22.8 Å². The second-order valence-corrected chi connectivity index (χ2v) is 5.76. The van der Waals surface area contributed by atoms with Gasteiger partial charge in [0.25, 0.3) is 5.91 Å². The molecule has 5 nitrogen and oxygen atoms in total. The first-order valence-electron chi connectivity index (χ1n) is 7.97. The molecule has 144 valence electrons. The zero-order valence-electron chi connectivity index (χ0n) is 14.7. The third-order valence-electron chi connectivity index (χ3n) is 3.67. The number of Topliss-reactive ketones (excluding diaryl/α,β-unsaturated/α-hetero) is 1. The van der Waals surface area contributed by atoms with Crippen molar-refractivity contribution in [1.29, 1.82) is 0 Å². The SMILES string of the molecule is CC(=O)c1cc(F)ccc1OCC(=O)N(C)Cc1ccc(OC(F)F)cc1. The zero-order valence-corrected chi connectivity index (χ0v) is 14.7. The number of ketones is 1. The van der Waals surface area contributed by atoms with Crippen molar-refractivity contribution in [3.05, 3.63) is 59.4 Å². The van der Waals surface area contributed by atoms with Crippen LogP contribution in [0.5, 0.6) is 11.5 Å². The average Bonchev–Trinajstić information content (AvgIpc) is 2.61. The van der Waals surface area contributed by atoms with Crippen molar-refractivity contribution in [2.24, 2.45) is 0 Å². The highest BCUT2D eigenvalue weighted by Gasteiger charge is 2.14. The van der Waals surface area contributed by atoms with Crippen molar-refractivity contribution in [2.45, 2.75) is 20.1 Å². The van der Waals surface area contributed by atoms with Crippen LogP contribution in [0.25, 0.3) is 0 Å². The van der Waals surface area contributed by atoms with Crippen LogP contribution in [0.2, 0.25) is 0 Å². The predicted octanol–water partition coefficient (Wildman–Crippen LogP) is 3.67. The molecule has 27 heavy (non-hydrogen) atoms. The van der Waals surface area contributed by atoms with Crippen molar-refractivity contribution in [1.82, 2.24) is 4.90 Å². The lowest BCUT2D eigenvalue weighted by Crippen LogP contribution is -2.31. The zero-order chi connectivity index (χ0) is 20.0. The number of benzene rings is 2. The number of alkyl halides is 2. The highest BCUT2D eigenvalue weighted by atomic mass is 19.3. The number of hydrogen-bond donors (Lipinski definition) is 0. The number of amides is 1. The first kappa shape index (κ1) is 20.3. The van der Waals surface area contributed by atoms with Gasteiger partial charge in [-0.2, -0.15) is 8.78 Å². The average molecular weight is 381 g/mol. The molecule has 0 bridgehead atoms. The Balaban J connectivity index is 1.93. The Morgan fingerprint density at radius 3 is 2.37 bits per heavy atom. The molecule has 0 saturated heterocycles. The van der Waals surface area contributed by atoms with E-state index in [1.807, 2.05) is 0 Å². The van der Waals surface area contributed by atoms with E-state index < -0.39 is 12.4 Å². The number of ether oxygens (including phenoxy) is 2. The molecule has 2 aromatic rings.